The van der Waals surface area contributed by atoms with Gasteiger partial charge in [-0.15, -0.1) is 0 Å². The molecule has 3 aliphatic rings. The van der Waals surface area contributed by atoms with Crippen molar-refractivity contribution in [3.05, 3.63) is 173 Å². The number of para-hydroxylation sites is 6. The summed E-state index contributed by atoms with van der Waals surface area (Å²) in [5, 5.41) is 0. The molecule has 0 unspecified atom stereocenters. The second-order valence-corrected chi connectivity index (χ2v) is 21.1. The Labute approximate surface area is 364 Å². The molecule has 0 aliphatic carbocycles. The summed E-state index contributed by atoms with van der Waals surface area (Å²) in [6.07, 6.45) is 0. The second-order valence-electron chi connectivity index (χ2n) is 21.1. The Morgan fingerprint density at radius 2 is 0.836 bits per heavy atom. The van der Waals surface area contributed by atoms with Crippen LogP contribution in [0.5, 0.6) is 11.5 Å². The van der Waals surface area contributed by atoms with Gasteiger partial charge in [0.05, 0.1) is 22.7 Å². The lowest BCUT2D eigenvalue weighted by Crippen LogP contribution is -2.54. The van der Waals surface area contributed by atoms with Crippen LogP contribution in [0.1, 0.15) is 104 Å². The summed E-state index contributed by atoms with van der Waals surface area (Å²) in [6.45, 7) is 26.2. The van der Waals surface area contributed by atoms with Crippen molar-refractivity contribution in [3.8, 4) is 22.6 Å². The highest BCUT2D eigenvalue weighted by molar-refractivity contribution is 6.99. The van der Waals surface area contributed by atoms with Crippen LogP contribution >= 0.6 is 0 Å². The Bertz CT molecular complexity index is 2770. The van der Waals surface area contributed by atoms with E-state index in [1.165, 1.54) is 72.4 Å². The molecular formula is C57H57BN2O. The molecule has 0 saturated carbocycles. The van der Waals surface area contributed by atoms with E-state index in [1.807, 2.05) is 0 Å². The fourth-order valence-electron chi connectivity index (χ4n) is 10.4. The van der Waals surface area contributed by atoms with E-state index < -0.39 is 0 Å². The zero-order valence-electron chi connectivity index (χ0n) is 37.7. The van der Waals surface area contributed by atoms with Gasteiger partial charge in [0.2, 0.25) is 6.71 Å². The quantitative estimate of drug-likeness (QED) is 0.166. The molecule has 0 bridgehead atoms. The molecule has 4 heteroatoms. The summed E-state index contributed by atoms with van der Waals surface area (Å²) < 4.78 is 6.48. The summed E-state index contributed by atoms with van der Waals surface area (Å²) in [5.41, 5.74) is 20.2. The van der Waals surface area contributed by atoms with Gasteiger partial charge < -0.3 is 14.5 Å². The number of fused-ring (bicyclic) bond motifs is 7. The maximum atomic E-state index is 6.48. The number of hydrogen-bond donors (Lipinski definition) is 0. The van der Waals surface area contributed by atoms with Gasteiger partial charge in [-0.2, -0.15) is 0 Å². The second kappa shape index (κ2) is 13.5. The molecule has 0 saturated heterocycles. The van der Waals surface area contributed by atoms with Crippen LogP contribution in [0.2, 0.25) is 0 Å². The van der Waals surface area contributed by atoms with Crippen LogP contribution < -0.4 is 30.9 Å². The number of ether oxygens (including phenoxy) is 1. The smallest absolute Gasteiger partial charge is 0.243 e. The van der Waals surface area contributed by atoms with Crippen molar-refractivity contribution in [3.63, 3.8) is 0 Å². The largest absolute Gasteiger partial charge is 0.453 e. The molecule has 10 rings (SSSR count). The van der Waals surface area contributed by atoms with Gasteiger partial charge in [-0.05, 0) is 116 Å². The van der Waals surface area contributed by atoms with E-state index in [0.29, 0.717) is 0 Å². The van der Waals surface area contributed by atoms with E-state index in [0.717, 1.165) is 28.6 Å². The average molecular weight is 797 g/mol. The molecule has 0 radical (unpaired) electrons. The van der Waals surface area contributed by atoms with E-state index in [-0.39, 0.29) is 28.4 Å². The third kappa shape index (κ3) is 6.16. The molecule has 0 amide bonds. The monoisotopic (exact) mass is 796 g/mol. The summed E-state index contributed by atoms with van der Waals surface area (Å²) in [7, 11) is 0. The van der Waals surface area contributed by atoms with Gasteiger partial charge in [0.15, 0.2) is 11.5 Å². The first-order chi connectivity index (χ1) is 28.9. The highest BCUT2D eigenvalue weighted by Crippen LogP contribution is 2.53. The minimum absolute atomic E-state index is 0.00809. The molecule has 7 aromatic carbocycles. The van der Waals surface area contributed by atoms with Gasteiger partial charge in [-0.1, -0.05) is 177 Å². The van der Waals surface area contributed by atoms with Crippen molar-refractivity contribution < 1.29 is 4.74 Å². The maximum Gasteiger partial charge on any atom is 0.243 e. The fraction of sp³-hybridized carbons (Fsp3) is 0.263. The fourth-order valence-corrected chi connectivity index (χ4v) is 10.4. The van der Waals surface area contributed by atoms with Gasteiger partial charge in [0.1, 0.15) is 0 Å². The lowest BCUT2D eigenvalue weighted by Gasteiger charge is -2.42. The molecule has 3 nitrogen and oxygen atoms in total. The van der Waals surface area contributed by atoms with Crippen LogP contribution in [0.15, 0.2) is 146 Å². The molecule has 7 aromatic rings. The minimum atomic E-state index is -0.135. The summed E-state index contributed by atoms with van der Waals surface area (Å²) in [5.74, 6) is 1.72. The van der Waals surface area contributed by atoms with Gasteiger partial charge in [0.25, 0.3) is 0 Å². The molecule has 0 spiro atoms. The summed E-state index contributed by atoms with van der Waals surface area (Å²) in [6, 6.07) is 54.4. The van der Waals surface area contributed by atoms with Gasteiger partial charge in [-0.3, -0.25) is 0 Å². The normalized spacial score (nSPS) is 15.0. The topological polar surface area (TPSA) is 15.7 Å². The van der Waals surface area contributed by atoms with Crippen LogP contribution in [0, 0.1) is 0 Å². The van der Waals surface area contributed by atoms with Crippen molar-refractivity contribution in [1.82, 2.24) is 0 Å². The molecule has 0 fully saturated rings. The SMILES string of the molecule is CC(C)(C)c1cc(C(C)(C)C)c(B2c3ccc(N4c5ccccc5Oc5ccccc54)cc3-c3cc(N4c5ccccc5C(C)(C)c5ccccc54)ccc32)c(C(C)(C)C)c1. The predicted octanol–water partition coefficient (Wildman–Crippen LogP) is 13.8. The van der Waals surface area contributed by atoms with Gasteiger partial charge >= 0.3 is 0 Å². The van der Waals surface area contributed by atoms with Crippen molar-refractivity contribution in [2.75, 3.05) is 9.80 Å². The third-order valence-corrected chi connectivity index (χ3v) is 13.5. The minimum Gasteiger partial charge on any atom is -0.453 e. The molecule has 61 heavy (non-hydrogen) atoms. The Morgan fingerprint density at radius 1 is 0.443 bits per heavy atom. The molecule has 0 aromatic heterocycles. The van der Waals surface area contributed by atoms with Gasteiger partial charge in [0, 0.05) is 16.8 Å². The Morgan fingerprint density at radius 3 is 1.26 bits per heavy atom. The molecular weight excluding hydrogens is 739 g/mol. The first kappa shape index (κ1) is 39.2. The maximum absolute atomic E-state index is 6.48. The number of anilines is 6. The van der Waals surface area contributed by atoms with Crippen molar-refractivity contribution in [1.29, 1.82) is 0 Å². The lowest BCUT2D eigenvalue weighted by atomic mass is 9.35. The number of hydrogen-bond acceptors (Lipinski definition) is 3. The zero-order chi connectivity index (χ0) is 42.8. The van der Waals surface area contributed by atoms with Crippen LogP contribution in [0.25, 0.3) is 11.1 Å². The Kier molecular flexibility index (Phi) is 8.67. The van der Waals surface area contributed by atoms with E-state index in [1.54, 1.807) is 0 Å². The van der Waals surface area contributed by atoms with E-state index in [9.17, 15) is 0 Å². The first-order valence-electron chi connectivity index (χ1n) is 22.1. The van der Waals surface area contributed by atoms with Crippen LogP contribution in [0.3, 0.4) is 0 Å². The van der Waals surface area contributed by atoms with Crippen LogP contribution in [-0.2, 0) is 21.7 Å². The van der Waals surface area contributed by atoms with Crippen molar-refractivity contribution in [2.45, 2.75) is 97.8 Å². The van der Waals surface area contributed by atoms with E-state index in [2.05, 4.69) is 232 Å². The summed E-state index contributed by atoms with van der Waals surface area (Å²) in [4.78, 5) is 4.88. The number of rotatable bonds is 3. The van der Waals surface area contributed by atoms with Crippen LogP contribution in [0.4, 0.5) is 34.1 Å². The standard InChI is InChI=1S/C57H57BN2O/c1-54(2,3)36-32-43(55(4,5)6)53(44(33-36)56(7,8)9)58-45-30-28-37(59-47-22-14-12-20-41(47)57(10,11)42-21-13-15-23-48(42)59)34-39(45)40-35-38(29-31-46(40)58)60-49-24-16-18-26-51(49)61-52-27-19-17-25-50(52)60/h12-35H,1-11H3. The highest BCUT2D eigenvalue weighted by atomic mass is 16.5. The zero-order valence-corrected chi connectivity index (χ0v) is 37.7. The molecule has 3 aliphatic heterocycles. The third-order valence-electron chi connectivity index (χ3n) is 13.5. The molecule has 0 atom stereocenters. The van der Waals surface area contributed by atoms with E-state index in [4.69, 9.17) is 4.74 Å². The van der Waals surface area contributed by atoms with E-state index >= 15 is 0 Å². The van der Waals surface area contributed by atoms with Gasteiger partial charge in [-0.25, -0.2) is 0 Å². The van der Waals surface area contributed by atoms with Crippen molar-refractivity contribution in [2.24, 2.45) is 0 Å². The highest BCUT2D eigenvalue weighted by Gasteiger charge is 2.42. The average Bonchev–Trinajstić information content (AvgIpc) is 3.54. The molecule has 304 valence electrons. The first-order valence-corrected chi connectivity index (χ1v) is 22.1. The predicted molar refractivity (Wildman–Crippen MR) is 261 cm³/mol. The lowest BCUT2D eigenvalue weighted by molar-refractivity contribution is 0.477. The summed E-state index contributed by atoms with van der Waals surface area (Å²) >= 11 is 0. The van der Waals surface area contributed by atoms with Crippen LogP contribution in [-0.4, -0.2) is 6.71 Å². The Hall–Kier alpha value is -6.00. The number of nitrogens with zero attached hydrogens (tertiary/aromatic N) is 2. The Balaban J connectivity index is 1.26. The molecule has 3 heterocycles. The number of benzene rings is 7. The van der Waals surface area contributed by atoms with Crippen molar-refractivity contribution >= 4 is 57.2 Å². The molecule has 0 N–H and O–H groups in total.